The van der Waals surface area contributed by atoms with Gasteiger partial charge in [-0.15, -0.1) is 5.10 Å². The number of hydrogen-bond donors (Lipinski definition) is 0. The van der Waals surface area contributed by atoms with Gasteiger partial charge in [-0.1, -0.05) is 19.6 Å². The van der Waals surface area contributed by atoms with Crippen LogP contribution < -0.4 is 4.74 Å². The fourth-order valence-corrected chi connectivity index (χ4v) is 2.33. The summed E-state index contributed by atoms with van der Waals surface area (Å²) in [7, 11) is 0.818. The van der Waals surface area contributed by atoms with E-state index >= 15 is 0 Å². The molecule has 0 aromatic carbocycles. The number of ether oxygens (including phenoxy) is 2. The quantitative estimate of drug-likeness (QED) is 0.582. The first-order chi connectivity index (χ1) is 9.42. The van der Waals surface area contributed by atoms with Gasteiger partial charge in [0.1, 0.15) is 6.73 Å². The van der Waals surface area contributed by atoms with E-state index in [0.29, 0.717) is 18.4 Å². The number of hydrogen-bond acceptors (Lipinski definition) is 4. The molecule has 0 atom stereocenters. The first kappa shape index (κ1) is 14.8. The molecule has 0 radical (unpaired) electrons. The van der Waals surface area contributed by atoms with Crippen molar-refractivity contribution in [2.24, 2.45) is 7.05 Å². The highest BCUT2D eigenvalue weighted by molar-refractivity contribution is 6.76. The molecule has 2 aromatic heterocycles. The fourth-order valence-electron chi connectivity index (χ4n) is 1.58. The minimum atomic E-state index is -1.03. The third-order valence-corrected chi connectivity index (χ3v) is 4.44. The van der Waals surface area contributed by atoms with Crippen LogP contribution in [-0.4, -0.2) is 34.2 Å². The molecule has 0 N–H and O–H groups in total. The van der Waals surface area contributed by atoms with Crippen LogP contribution in [0.2, 0.25) is 25.7 Å². The summed E-state index contributed by atoms with van der Waals surface area (Å²) >= 11 is 0. The van der Waals surface area contributed by atoms with E-state index in [1.165, 1.54) is 0 Å². The topological polar surface area (TPSA) is 54.1 Å². The van der Waals surface area contributed by atoms with Crippen LogP contribution in [0.4, 0.5) is 0 Å². The van der Waals surface area contributed by atoms with Crippen molar-refractivity contribution in [1.82, 2.24) is 19.6 Å². The normalized spacial score (nSPS) is 11.8. The third-order valence-electron chi connectivity index (χ3n) is 2.74. The van der Waals surface area contributed by atoms with Gasteiger partial charge in [0.2, 0.25) is 5.88 Å². The van der Waals surface area contributed by atoms with Crippen LogP contribution in [0.25, 0.3) is 0 Å². The van der Waals surface area contributed by atoms with Gasteiger partial charge in [0, 0.05) is 34.0 Å². The Balaban J connectivity index is 1.77. The Labute approximate surface area is 120 Å². The van der Waals surface area contributed by atoms with Crippen molar-refractivity contribution >= 4 is 8.07 Å². The highest BCUT2D eigenvalue weighted by Gasteiger charge is 2.12. The molecule has 2 rings (SSSR count). The van der Waals surface area contributed by atoms with E-state index in [2.05, 4.69) is 29.8 Å². The molecular formula is C13H22N4O2Si. The Hall–Kier alpha value is -1.60. The Kier molecular flexibility index (Phi) is 4.61. The monoisotopic (exact) mass is 294 g/mol. The summed E-state index contributed by atoms with van der Waals surface area (Å²) < 4.78 is 14.6. The molecule has 6 nitrogen and oxygen atoms in total. The molecule has 0 saturated carbocycles. The second-order valence-electron chi connectivity index (χ2n) is 5.99. The van der Waals surface area contributed by atoms with Crippen LogP contribution in [0.1, 0.15) is 0 Å². The maximum absolute atomic E-state index is 5.63. The van der Waals surface area contributed by atoms with Gasteiger partial charge in [0.25, 0.3) is 0 Å². The van der Waals surface area contributed by atoms with E-state index in [9.17, 15) is 0 Å². The van der Waals surface area contributed by atoms with Crippen LogP contribution >= 0.6 is 0 Å². The molecular weight excluding hydrogens is 272 g/mol. The maximum Gasteiger partial charge on any atom is 0.238 e. The van der Waals surface area contributed by atoms with Crippen molar-refractivity contribution in [3.63, 3.8) is 0 Å². The Bertz CT molecular complexity index is 545. The van der Waals surface area contributed by atoms with Crippen LogP contribution in [-0.2, 0) is 18.5 Å². The summed E-state index contributed by atoms with van der Waals surface area (Å²) in [5.41, 5.74) is 0. The molecule has 0 unspecified atom stereocenters. The van der Waals surface area contributed by atoms with Gasteiger partial charge in [-0.3, -0.25) is 4.68 Å². The molecule has 0 fully saturated rings. The average Bonchev–Trinajstić information content (AvgIpc) is 2.94. The van der Waals surface area contributed by atoms with Crippen LogP contribution in [0, 0.1) is 0 Å². The van der Waals surface area contributed by atoms with E-state index < -0.39 is 8.07 Å². The zero-order valence-corrected chi connectivity index (χ0v) is 13.5. The second kappa shape index (κ2) is 6.23. The molecule has 0 saturated heterocycles. The smallest absolute Gasteiger partial charge is 0.238 e. The van der Waals surface area contributed by atoms with Crippen LogP contribution in [0.3, 0.4) is 0 Å². The van der Waals surface area contributed by atoms with E-state index in [1.807, 2.05) is 19.3 Å². The van der Waals surface area contributed by atoms with E-state index in [0.717, 1.165) is 12.7 Å². The SMILES string of the molecule is Cn1cc(Oc2ccn(COCC[Si](C)(C)C)n2)cn1. The van der Waals surface area contributed by atoms with Crippen molar-refractivity contribution < 1.29 is 9.47 Å². The minimum Gasteiger partial charge on any atom is -0.434 e. The molecule has 0 aliphatic carbocycles. The predicted octanol–water partition coefficient (Wildman–Crippen LogP) is 2.72. The van der Waals surface area contributed by atoms with E-state index in [1.54, 1.807) is 21.8 Å². The summed E-state index contributed by atoms with van der Waals surface area (Å²) in [4.78, 5) is 0. The average molecular weight is 294 g/mol. The van der Waals surface area contributed by atoms with E-state index in [4.69, 9.17) is 9.47 Å². The van der Waals surface area contributed by atoms with Crippen LogP contribution in [0.5, 0.6) is 11.6 Å². The number of nitrogens with zero attached hydrogens (tertiary/aromatic N) is 4. The number of aromatic nitrogens is 4. The second-order valence-corrected chi connectivity index (χ2v) is 11.6. The summed E-state index contributed by atoms with van der Waals surface area (Å²) in [5, 5.41) is 8.33. The zero-order valence-electron chi connectivity index (χ0n) is 12.5. The van der Waals surface area contributed by atoms with Crippen molar-refractivity contribution in [3.8, 4) is 11.6 Å². The summed E-state index contributed by atoms with van der Waals surface area (Å²) in [6, 6.07) is 2.97. The lowest BCUT2D eigenvalue weighted by Crippen LogP contribution is -2.22. The molecule has 0 amide bonds. The van der Waals surface area contributed by atoms with Gasteiger partial charge in [0.05, 0.1) is 12.4 Å². The first-order valence-electron chi connectivity index (χ1n) is 6.70. The molecule has 20 heavy (non-hydrogen) atoms. The standard InChI is InChI=1S/C13H22N4O2Si/c1-16-10-12(9-14-16)19-13-5-6-17(15-13)11-18-7-8-20(2,3)4/h5-6,9-10H,7-8,11H2,1-4H3. The van der Waals surface area contributed by atoms with Crippen LogP contribution in [0.15, 0.2) is 24.7 Å². The summed E-state index contributed by atoms with van der Waals surface area (Å²) in [6.07, 6.45) is 5.30. The van der Waals surface area contributed by atoms with Gasteiger partial charge >= 0.3 is 0 Å². The predicted molar refractivity (Wildman–Crippen MR) is 79.6 cm³/mol. The highest BCUT2D eigenvalue weighted by atomic mass is 28.3. The molecule has 0 spiro atoms. The first-order valence-corrected chi connectivity index (χ1v) is 10.4. The zero-order chi connectivity index (χ0) is 14.6. The van der Waals surface area contributed by atoms with Gasteiger partial charge in [0.15, 0.2) is 5.75 Å². The molecule has 0 aliphatic rings. The fraction of sp³-hybridized carbons (Fsp3) is 0.538. The Morgan fingerprint density at radius 2 is 2.10 bits per heavy atom. The third kappa shape index (κ3) is 4.82. The van der Waals surface area contributed by atoms with Crippen molar-refractivity contribution in [3.05, 3.63) is 24.7 Å². The van der Waals surface area contributed by atoms with E-state index in [-0.39, 0.29) is 0 Å². The van der Waals surface area contributed by atoms with Crippen molar-refractivity contribution in [1.29, 1.82) is 0 Å². The molecule has 2 aromatic rings. The van der Waals surface area contributed by atoms with Crippen molar-refractivity contribution in [2.75, 3.05) is 6.61 Å². The largest absolute Gasteiger partial charge is 0.434 e. The Morgan fingerprint density at radius 1 is 1.30 bits per heavy atom. The Morgan fingerprint density at radius 3 is 2.75 bits per heavy atom. The molecule has 2 heterocycles. The van der Waals surface area contributed by atoms with Gasteiger partial charge in [-0.25, -0.2) is 4.68 Å². The number of aryl methyl sites for hydroxylation is 1. The molecule has 7 heteroatoms. The molecule has 110 valence electrons. The minimum absolute atomic E-state index is 0.459. The molecule has 0 aliphatic heterocycles. The summed E-state index contributed by atoms with van der Waals surface area (Å²) in [5.74, 6) is 1.23. The molecule has 0 bridgehead atoms. The lowest BCUT2D eigenvalue weighted by Gasteiger charge is -2.15. The lowest BCUT2D eigenvalue weighted by molar-refractivity contribution is 0.0779. The highest BCUT2D eigenvalue weighted by Crippen LogP contribution is 2.17. The summed E-state index contributed by atoms with van der Waals surface area (Å²) in [6.45, 7) is 8.26. The lowest BCUT2D eigenvalue weighted by atomic mass is 10.6. The maximum atomic E-state index is 5.63. The van der Waals surface area contributed by atoms with Gasteiger partial charge in [-0.05, 0) is 6.04 Å². The van der Waals surface area contributed by atoms with Gasteiger partial charge in [-0.2, -0.15) is 5.10 Å². The van der Waals surface area contributed by atoms with Crippen molar-refractivity contribution in [2.45, 2.75) is 32.4 Å². The number of rotatable bonds is 7. The van der Waals surface area contributed by atoms with Gasteiger partial charge < -0.3 is 9.47 Å².